The molecule has 3 rings (SSSR count). The first-order chi connectivity index (χ1) is 8.83. The van der Waals surface area contributed by atoms with Crippen LogP contribution in [0.15, 0.2) is 18.2 Å². The van der Waals surface area contributed by atoms with E-state index in [0.717, 1.165) is 25.1 Å². The Morgan fingerprint density at radius 1 is 1.22 bits per heavy atom. The fraction of sp³-hybridized carbons (Fsp3) is 0.533. The molecule has 0 spiro atoms. The normalized spacial score (nSPS) is 23.3. The number of amides is 1. The molecule has 18 heavy (non-hydrogen) atoms. The molecule has 2 aliphatic heterocycles. The molecule has 1 aromatic rings. The Morgan fingerprint density at radius 3 is 3.00 bits per heavy atom. The van der Waals surface area contributed by atoms with Gasteiger partial charge in [-0.15, -0.1) is 0 Å². The van der Waals surface area contributed by atoms with Gasteiger partial charge in [0.05, 0.1) is 0 Å². The molecule has 3 nitrogen and oxygen atoms in total. The third-order valence-corrected chi connectivity index (χ3v) is 4.00. The van der Waals surface area contributed by atoms with Crippen molar-refractivity contribution in [1.29, 1.82) is 0 Å². The third-order valence-electron chi connectivity index (χ3n) is 4.00. The number of para-hydroxylation sites is 1. The van der Waals surface area contributed by atoms with Gasteiger partial charge < -0.3 is 10.6 Å². The highest BCUT2D eigenvalue weighted by Gasteiger charge is 2.20. The van der Waals surface area contributed by atoms with Gasteiger partial charge in [0.25, 0.3) is 0 Å². The molecule has 2 aliphatic rings. The van der Waals surface area contributed by atoms with Gasteiger partial charge in [-0.25, -0.2) is 0 Å². The number of carbonyl (C=O) groups excluding carboxylic acids is 1. The molecule has 3 heteroatoms. The van der Waals surface area contributed by atoms with Crippen LogP contribution in [0.2, 0.25) is 0 Å². The van der Waals surface area contributed by atoms with Crippen molar-refractivity contribution in [2.24, 2.45) is 0 Å². The monoisotopic (exact) mass is 244 g/mol. The number of anilines is 1. The molecule has 2 heterocycles. The molecule has 2 N–H and O–H groups in total. The lowest BCUT2D eigenvalue weighted by Gasteiger charge is -2.26. The summed E-state index contributed by atoms with van der Waals surface area (Å²) in [5, 5.41) is 6.62. The molecule has 1 atom stereocenters. The molecular weight excluding hydrogens is 224 g/mol. The maximum Gasteiger partial charge on any atom is 0.224 e. The van der Waals surface area contributed by atoms with Crippen molar-refractivity contribution < 1.29 is 4.79 Å². The predicted molar refractivity (Wildman–Crippen MR) is 72.7 cm³/mol. The second-order valence-electron chi connectivity index (χ2n) is 5.35. The number of fused-ring (bicyclic) bond motifs is 1. The first-order valence-electron chi connectivity index (χ1n) is 6.97. The number of hydrogen-bond acceptors (Lipinski definition) is 2. The topological polar surface area (TPSA) is 41.1 Å². The van der Waals surface area contributed by atoms with Gasteiger partial charge in [0, 0.05) is 18.2 Å². The molecule has 1 unspecified atom stereocenters. The smallest absolute Gasteiger partial charge is 0.224 e. The fourth-order valence-electron chi connectivity index (χ4n) is 3.01. The van der Waals surface area contributed by atoms with Crippen molar-refractivity contribution in [2.75, 3.05) is 11.9 Å². The molecule has 1 fully saturated rings. The number of carbonyl (C=O) groups is 1. The number of piperidine rings is 1. The summed E-state index contributed by atoms with van der Waals surface area (Å²) in [5.74, 6) is 0.159. The Hall–Kier alpha value is -1.35. The van der Waals surface area contributed by atoms with E-state index in [1.165, 1.54) is 30.4 Å². The van der Waals surface area contributed by atoms with Crippen LogP contribution in [-0.2, 0) is 17.6 Å². The van der Waals surface area contributed by atoms with Gasteiger partial charge in [-0.3, -0.25) is 4.79 Å². The van der Waals surface area contributed by atoms with Crippen LogP contribution in [0.25, 0.3) is 0 Å². The van der Waals surface area contributed by atoms with Gasteiger partial charge in [0.1, 0.15) is 0 Å². The van der Waals surface area contributed by atoms with E-state index in [0.29, 0.717) is 12.5 Å². The zero-order valence-electron chi connectivity index (χ0n) is 10.7. The van der Waals surface area contributed by atoms with Crippen molar-refractivity contribution in [3.8, 4) is 0 Å². The van der Waals surface area contributed by atoms with E-state index in [9.17, 15) is 4.79 Å². The predicted octanol–water partition coefficient (Wildman–Crippen LogP) is 2.26. The van der Waals surface area contributed by atoms with Gasteiger partial charge in [0.15, 0.2) is 0 Å². The quantitative estimate of drug-likeness (QED) is 0.838. The minimum absolute atomic E-state index is 0.159. The van der Waals surface area contributed by atoms with Gasteiger partial charge in [-0.2, -0.15) is 0 Å². The second kappa shape index (κ2) is 5.11. The first kappa shape index (κ1) is 11.7. The third kappa shape index (κ3) is 2.41. The summed E-state index contributed by atoms with van der Waals surface area (Å²) < 4.78 is 0. The lowest BCUT2D eigenvalue weighted by molar-refractivity contribution is -0.116. The Morgan fingerprint density at radius 2 is 2.17 bits per heavy atom. The standard InChI is InChI=1S/C15H20N2O/c18-14-8-7-11-4-3-5-12(15(11)17-14)10-13-6-1-2-9-16-13/h3-5,13,16H,1-2,6-10H2,(H,17,18). The lowest BCUT2D eigenvalue weighted by Crippen LogP contribution is -2.36. The zero-order valence-corrected chi connectivity index (χ0v) is 10.7. The maximum absolute atomic E-state index is 11.5. The van der Waals surface area contributed by atoms with E-state index in [1.807, 2.05) is 0 Å². The Kier molecular flexibility index (Phi) is 3.33. The SMILES string of the molecule is O=C1CCc2cccc(CC3CCCCN3)c2N1. The van der Waals surface area contributed by atoms with Gasteiger partial charge in [-0.05, 0) is 43.4 Å². The molecule has 1 saturated heterocycles. The van der Waals surface area contributed by atoms with Crippen molar-refractivity contribution in [2.45, 2.75) is 44.6 Å². The summed E-state index contributed by atoms with van der Waals surface area (Å²) in [5.41, 5.74) is 3.67. The summed E-state index contributed by atoms with van der Waals surface area (Å²) in [6.07, 6.45) is 6.39. The van der Waals surface area contributed by atoms with Crippen LogP contribution in [0, 0.1) is 0 Å². The minimum Gasteiger partial charge on any atom is -0.326 e. The molecule has 96 valence electrons. The number of aryl methyl sites for hydroxylation is 1. The van der Waals surface area contributed by atoms with E-state index in [2.05, 4.69) is 28.8 Å². The van der Waals surface area contributed by atoms with Crippen LogP contribution in [0.1, 0.15) is 36.8 Å². The summed E-state index contributed by atoms with van der Waals surface area (Å²) in [6, 6.07) is 6.98. The average molecular weight is 244 g/mol. The van der Waals surface area contributed by atoms with E-state index < -0.39 is 0 Å². The number of hydrogen-bond donors (Lipinski definition) is 2. The van der Waals surface area contributed by atoms with Crippen molar-refractivity contribution >= 4 is 11.6 Å². The van der Waals surface area contributed by atoms with Gasteiger partial charge in [-0.1, -0.05) is 24.6 Å². The van der Waals surface area contributed by atoms with Crippen LogP contribution in [0.4, 0.5) is 5.69 Å². The van der Waals surface area contributed by atoms with Crippen molar-refractivity contribution in [3.63, 3.8) is 0 Å². The lowest BCUT2D eigenvalue weighted by atomic mass is 9.92. The van der Waals surface area contributed by atoms with Crippen molar-refractivity contribution in [3.05, 3.63) is 29.3 Å². The van der Waals surface area contributed by atoms with Gasteiger partial charge >= 0.3 is 0 Å². The summed E-state index contributed by atoms with van der Waals surface area (Å²) in [7, 11) is 0. The molecular formula is C15H20N2O. The summed E-state index contributed by atoms with van der Waals surface area (Å²) >= 11 is 0. The fourth-order valence-corrected chi connectivity index (χ4v) is 3.01. The van der Waals surface area contributed by atoms with E-state index in [-0.39, 0.29) is 5.91 Å². The highest BCUT2D eigenvalue weighted by Crippen LogP contribution is 2.28. The zero-order chi connectivity index (χ0) is 12.4. The van der Waals surface area contributed by atoms with Crippen LogP contribution in [0.3, 0.4) is 0 Å². The maximum atomic E-state index is 11.5. The first-order valence-corrected chi connectivity index (χ1v) is 6.97. The molecule has 0 saturated carbocycles. The van der Waals surface area contributed by atoms with E-state index >= 15 is 0 Å². The molecule has 0 bridgehead atoms. The molecule has 1 aromatic carbocycles. The number of benzene rings is 1. The van der Waals surface area contributed by atoms with Crippen LogP contribution < -0.4 is 10.6 Å². The van der Waals surface area contributed by atoms with E-state index in [1.54, 1.807) is 0 Å². The van der Waals surface area contributed by atoms with Crippen LogP contribution >= 0.6 is 0 Å². The van der Waals surface area contributed by atoms with Crippen LogP contribution in [-0.4, -0.2) is 18.5 Å². The largest absolute Gasteiger partial charge is 0.326 e. The molecule has 0 aromatic heterocycles. The average Bonchev–Trinajstić information content (AvgIpc) is 2.41. The highest BCUT2D eigenvalue weighted by molar-refractivity contribution is 5.94. The van der Waals surface area contributed by atoms with Crippen LogP contribution in [0.5, 0.6) is 0 Å². The Bertz CT molecular complexity index is 450. The molecule has 0 radical (unpaired) electrons. The Balaban J connectivity index is 1.81. The number of rotatable bonds is 2. The molecule has 1 amide bonds. The molecule has 0 aliphatic carbocycles. The highest BCUT2D eigenvalue weighted by atomic mass is 16.1. The van der Waals surface area contributed by atoms with Crippen molar-refractivity contribution in [1.82, 2.24) is 5.32 Å². The Labute approximate surface area is 108 Å². The minimum atomic E-state index is 0.159. The summed E-state index contributed by atoms with van der Waals surface area (Å²) in [6.45, 7) is 1.13. The van der Waals surface area contributed by atoms with Gasteiger partial charge in [0.2, 0.25) is 5.91 Å². The van der Waals surface area contributed by atoms with E-state index in [4.69, 9.17) is 0 Å². The summed E-state index contributed by atoms with van der Waals surface area (Å²) in [4.78, 5) is 11.5. The second-order valence-corrected chi connectivity index (χ2v) is 5.35. The number of nitrogens with one attached hydrogen (secondary N) is 2.